The summed E-state index contributed by atoms with van der Waals surface area (Å²) in [6, 6.07) is 14.4. The van der Waals surface area contributed by atoms with E-state index in [1.807, 2.05) is 25.1 Å². The van der Waals surface area contributed by atoms with Gasteiger partial charge in [-0.3, -0.25) is 0 Å². The van der Waals surface area contributed by atoms with Crippen molar-refractivity contribution < 1.29 is 19.0 Å². The molecule has 2 aromatic carbocycles. The Bertz CT molecular complexity index is 1020. The molecule has 2 atom stereocenters. The molecule has 0 amide bonds. The van der Waals surface area contributed by atoms with E-state index in [9.17, 15) is 9.90 Å². The fourth-order valence-electron chi connectivity index (χ4n) is 6.13. The molecule has 0 saturated heterocycles. The van der Waals surface area contributed by atoms with Gasteiger partial charge in [0.05, 0.1) is 11.6 Å². The summed E-state index contributed by atoms with van der Waals surface area (Å²) >= 11 is 6.54. The minimum absolute atomic E-state index is 0.0510. The van der Waals surface area contributed by atoms with Crippen LogP contribution in [0, 0.1) is 11.8 Å². The van der Waals surface area contributed by atoms with Crippen molar-refractivity contribution in [1.29, 1.82) is 0 Å². The second kappa shape index (κ2) is 17.0. The molecule has 2 aromatic rings. The maximum absolute atomic E-state index is 15.8. The summed E-state index contributed by atoms with van der Waals surface area (Å²) in [5.41, 5.74) is 1.21. The zero-order valence-corrected chi connectivity index (χ0v) is 25.5. The molecule has 0 spiro atoms. The third-order valence-corrected chi connectivity index (χ3v) is 9.13. The summed E-state index contributed by atoms with van der Waals surface area (Å²) in [5.74, 6) is -0.835. The van der Waals surface area contributed by atoms with Gasteiger partial charge in [-0.25, -0.2) is 9.18 Å². The van der Waals surface area contributed by atoms with Gasteiger partial charge in [0.2, 0.25) is 5.67 Å². The number of benzene rings is 2. The number of carboxylic acid groups (broad SMARTS) is 1. The highest BCUT2D eigenvalue weighted by Crippen LogP contribution is 2.41. The third-order valence-electron chi connectivity index (χ3n) is 8.84. The number of carbonyl (C=O) groups is 1. The molecular weight excluding hydrogens is 523 g/mol. The topological polar surface area (TPSA) is 46.5 Å². The highest BCUT2D eigenvalue weighted by Gasteiger charge is 2.47. The molecule has 0 aromatic heterocycles. The predicted octanol–water partition coefficient (Wildman–Crippen LogP) is 10.9. The van der Waals surface area contributed by atoms with Crippen molar-refractivity contribution in [1.82, 2.24) is 0 Å². The number of halogens is 2. The highest BCUT2D eigenvalue weighted by atomic mass is 35.5. The Kier molecular flexibility index (Phi) is 13.8. The van der Waals surface area contributed by atoms with Crippen molar-refractivity contribution in [3.05, 3.63) is 53.1 Å². The Morgan fingerprint density at radius 3 is 2.25 bits per heavy atom. The van der Waals surface area contributed by atoms with E-state index in [-0.39, 0.29) is 18.3 Å². The average Bonchev–Trinajstić information content (AvgIpc) is 2.97. The third kappa shape index (κ3) is 9.79. The molecule has 3 rings (SSSR count). The van der Waals surface area contributed by atoms with Crippen LogP contribution in [-0.4, -0.2) is 23.4 Å². The van der Waals surface area contributed by atoms with Gasteiger partial charge in [-0.1, -0.05) is 120 Å². The quantitative estimate of drug-likeness (QED) is 0.181. The zero-order valence-electron chi connectivity index (χ0n) is 24.7. The van der Waals surface area contributed by atoms with Crippen LogP contribution in [0.1, 0.15) is 116 Å². The minimum atomic E-state index is -2.10. The van der Waals surface area contributed by atoms with Crippen LogP contribution in [0.2, 0.25) is 5.02 Å². The lowest BCUT2D eigenvalue weighted by Crippen LogP contribution is -2.44. The average molecular weight is 573 g/mol. The number of hydrogen-bond acceptors (Lipinski definition) is 2. The standard InChI is InChI=1S/C35H50ClFO3/c1-3-5-6-7-8-9-13-24-40-33-23-22-30(25-32(33)36)29-20-18-28(19-21-29)17-16-27(4-2)26-35(37,34(38)39)31-14-11-10-12-15-31/h18-23,25,27,31H,3-17,24,26H2,1-2H3,(H,38,39)/t27?,35-/m0/s1. The van der Waals surface area contributed by atoms with E-state index in [1.165, 1.54) is 44.1 Å². The zero-order chi connectivity index (χ0) is 28.8. The molecule has 222 valence electrons. The molecule has 1 saturated carbocycles. The summed E-state index contributed by atoms with van der Waals surface area (Å²) in [7, 11) is 0. The molecular formula is C35H50ClFO3. The highest BCUT2D eigenvalue weighted by molar-refractivity contribution is 6.32. The fourth-order valence-corrected chi connectivity index (χ4v) is 6.37. The van der Waals surface area contributed by atoms with Gasteiger partial charge in [0.25, 0.3) is 0 Å². The molecule has 3 nitrogen and oxygen atoms in total. The van der Waals surface area contributed by atoms with Crippen molar-refractivity contribution in [3.8, 4) is 16.9 Å². The van der Waals surface area contributed by atoms with E-state index in [0.717, 1.165) is 61.8 Å². The lowest BCUT2D eigenvalue weighted by molar-refractivity contribution is -0.158. The first kappa shape index (κ1) is 32.4. The van der Waals surface area contributed by atoms with Crippen LogP contribution in [0.15, 0.2) is 42.5 Å². The van der Waals surface area contributed by atoms with Gasteiger partial charge in [0.15, 0.2) is 0 Å². The second-order valence-electron chi connectivity index (χ2n) is 11.8. The van der Waals surface area contributed by atoms with Crippen LogP contribution in [0.25, 0.3) is 11.1 Å². The van der Waals surface area contributed by atoms with Crippen LogP contribution >= 0.6 is 11.6 Å². The van der Waals surface area contributed by atoms with Gasteiger partial charge in [-0.05, 0) is 73.3 Å². The smallest absolute Gasteiger partial charge is 0.341 e. The minimum Gasteiger partial charge on any atom is -0.492 e. The first-order chi connectivity index (χ1) is 19.4. The number of hydrogen-bond donors (Lipinski definition) is 1. The van der Waals surface area contributed by atoms with Gasteiger partial charge in [0.1, 0.15) is 5.75 Å². The summed E-state index contributed by atoms with van der Waals surface area (Å²) in [5, 5.41) is 10.4. The molecule has 1 N–H and O–H groups in total. The summed E-state index contributed by atoms with van der Waals surface area (Å²) < 4.78 is 21.7. The number of aryl methyl sites for hydroxylation is 1. The van der Waals surface area contributed by atoms with Crippen LogP contribution in [0.3, 0.4) is 0 Å². The van der Waals surface area contributed by atoms with Gasteiger partial charge < -0.3 is 9.84 Å². The first-order valence-electron chi connectivity index (χ1n) is 15.8. The summed E-state index contributed by atoms with van der Waals surface area (Å²) in [4.78, 5) is 12.0. The number of unbranched alkanes of at least 4 members (excludes halogenated alkanes) is 6. The molecule has 1 unspecified atom stereocenters. The number of aliphatic carboxylic acids is 1. The van der Waals surface area contributed by atoms with Crippen LogP contribution in [0.4, 0.5) is 4.39 Å². The van der Waals surface area contributed by atoms with Crippen LogP contribution < -0.4 is 4.74 Å². The second-order valence-corrected chi connectivity index (χ2v) is 12.2. The van der Waals surface area contributed by atoms with Crippen molar-refractivity contribution >= 4 is 17.6 Å². The van der Waals surface area contributed by atoms with Crippen LogP contribution in [-0.2, 0) is 11.2 Å². The van der Waals surface area contributed by atoms with E-state index in [4.69, 9.17) is 16.3 Å². The van der Waals surface area contributed by atoms with Crippen LogP contribution in [0.5, 0.6) is 5.75 Å². The van der Waals surface area contributed by atoms with E-state index in [1.54, 1.807) is 0 Å². The summed E-state index contributed by atoms with van der Waals surface area (Å²) in [6.07, 6.45) is 15.6. The van der Waals surface area contributed by atoms with Gasteiger partial charge in [-0.2, -0.15) is 0 Å². The molecule has 1 fully saturated rings. The maximum Gasteiger partial charge on any atom is 0.341 e. The summed E-state index contributed by atoms with van der Waals surface area (Å²) in [6.45, 7) is 4.98. The molecule has 0 radical (unpaired) electrons. The number of carboxylic acids is 1. The lowest BCUT2D eigenvalue weighted by atomic mass is 9.73. The SMILES string of the molecule is CCCCCCCCCOc1ccc(-c2ccc(CCC(CC)C[C@@](F)(C(=O)O)C3CCCCC3)cc2)cc1Cl. The molecule has 0 aliphatic heterocycles. The normalized spacial score (nSPS) is 16.4. The number of ether oxygens (including phenoxy) is 1. The Labute approximate surface area is 246 Å². The first-order valence-corrected chi connectivity index (χ1v) is 16.2. The Hall–Kier alpha value is -2.07. The monoisotopic (exact) mass is 572 g/mol. The Morgan fingerprint density at radius 1 is 0.975 bits per heavy atom. The van der Waals surface area contributed by atoms with Crippen molar-refractivity contribution in [3.63, 3.8) is 0 Å². The van der Waals surface area contributed by atoms with Crippen molar-refractivity contribution in [2.45, 2.75) is 122 Å². The fraction of sp³-hybridized carbons (Fsp3) is 0.629. The van der Waals surface area contributed by atoms with Gasteiger partial charge >= 0.3 is 5.97 Å². The van der Waals surface area contributed by atoms with E-state index >= 15 is 4.39 Å². The van der Waals surface area contributed by atoms with E-state index in [2.05, 4.69) is 31.2 Å². The molecule has 0 bridgehead atoms. The number of alkyl halides is 1. The van der Waals surface area contributed by atoms with Gasteiger partial charge in [-0.15, -0.1) is 0 Å². The Balaban J connectivity index is 1.49. The molecule has 1 aliphatic rings. The molecule has 40 heavy (non-hydrogen) atoms. The van der Waals surface area contributed by atoms with Gasteiger partial charge in [0, 0.05) is 5.92 Å². The molecule has 5 heteroatoms. The van der Waals surface area contributed by atoms with E-state index < -0.39 is 11.6 Å². The lowest BCUT2D eigenvalue weighted by Gasteiger charge is -2.35. The van der Waals surface area contributed by atoms with Crippen molar-refractivity contribution in [2.24, 2.45) is 11.8 Å². The van der Waals surface area contributed by atoms with Crippen molar-refractivity contribution in [2.75, 3.05) is 6.61 Å². The maximum atomic E-state index is 15.8. The molecule has 0 heterocycles. The predicted molar refractivity (Wildman–Crippen MR) is 165 cm³/mol. The number of rotatable bonds is 18. The Morgan fingerprint density at radius 2 is 1.62 bits per heavy atom. The largest absolute Gasteiger partial charge is 0.492 e. The van der Waals surface area contributed by atoms with E-state index in [0.29, 0.717) is 24.5 Å². The molecule has 1 aliphatic carbocycles.